The minimum absolute atomic E-state index is 0.872. The predicted octanol–water partition coefficient (Wildman–Crippen LogP) is 2.59. The normalized spacial score (nSPS) is 10.7. The van der Waals surface area contributed by atoms with E-state index in [9.17, 15) is 0 Å². The summed E-state index contributed by atoms with van der Waals surface area (Å²) < 4.78 is 0. The molecule has 0 heterocycles. The summed E-state index contributed by atoms with van der Waals surface area (Å²) >= 11 is 0. The Morgan fingerprint density at radius 2 is 2.13 bits per heavy atom. The summed E-state index contributed by atoms with van der Waals surface area (Å²) in [6, 6.07) is 6.24. The lowest BCUT2D eigenvalue weighted by Crippen LogP contribution is -2.19. The number of hydrogen-bond acceptors (Lipinski definition) is 2. The number of nitrogen functional groups attached to an aromatic ring is 1. The zero-order chi connectivity index (χ0) is 11.4. The molecule has 0 fully saturated rings. The fourth-order valence-corrected chi connectivity index (χ4v) is 1.62. The molecule has 0 aliphatic heterocycles. The maximum atomic E-state index is 5.86. The first-order chi connectivity index (χ1) is 6.99. The average Bonchev–Trinajstić information content (AvgIpc) is 2.10. The molecule has 82 valence electrons. The highest BCUT2D eigenvalue weighted by Gasteiger charge is 2.01. The van der Waals surface area contributed by atoms with Crippen molar-refractivity contribution in [3.8, 4) is 0 Å². The van der Waals surface area contributed by atoms with Gasteiger partial charge in [0.05, 0.1) is 0 Å². The summed E-state index contributed by atoms with van der Waals surface area (Å²) in [5.74, 6) is 0. The van der Waals surface area contributed by atoms with Crippen LogP contribution in [0.3, 0.4) is 0 Å². The Balaban J connectivity index is 2.64. The second-order valence-corrected chi connectivity index (χ2v) is 4.32. The highest BCUT2D eigenvalue weighted by molar-refractivity contribution is 5.48. The first kappa shape index (κ1) is 11.8. The molecule has 0 atom stereocenters. The van der Waals surface area contributed by atoms with Crippen LogP contribution in [0.15, 0.2) is 30.4 Å². The molecular formula is C13H20N2. The number of anilines is 1. The van der Waals surface area contributed by atoms with Crippen LogP contribution in [0.4, 0.5) is 5.69 Å². The molecule has 0 amide bonds. The molecule has 1 rings (SSSR count). The van der Waals surface area contributed by atoms with Crippen LogP contribution < -0.4 is 5.73 Å². The van der Waals surface area contributed by atoms with E-state index in [1.54, 1.807) is 0 Å². The van der Waals surface area contributed by atoms with Gasteiger partial charge in [-0.05, 0) is 38.1 Å². The van der Waals surface area contributed by atoms with Crippen molar-refractivity contribution in [1.29, 1.82) is 0 Å². The minimum Gasteiger partial charge on any atom is -0.399 e. The van der Waals surface area contributed by atoms with Gasteiger partial charge in [-0.2, -0.15) is 0 Å². The fraction of sp³-hybridized carbons (Fsp3) is 0.385. The van der Waals surface area contributed by atoms with Crippen molar-refractivity contribution >= 4 is 5.69 Å². The SMILES string of the molecule is C=C(C)CN(C)Cc1ccc(C)c(N)c1. The largest absolute Gasteiger partial charge is 0.399 e. The van der Waals surface area contributed by atoms with E-state index in [0.717, 1.165) is 24.3 Å². The van der Waals surface area contributed by atoms with E-state index in [2.05, 4.69) is 30.7 Å². The highest BCUT2D eigenvalue weighted by Crippen LogP contribution is 2.14. The van der Waals surface area contributed by atoms with Gasteiger partial charge in [-0.3, -0.25) is 4.90 Å². The van der Waals surface area contributed by atoms with Crippen LogP contribution in [-0.4, -0.2) is 18.5 Å². The van der Waals surface area contributed by atoms with E-state index in [-0.39, 0.29) is 0 Å². The Bertz CT molecular complexity index is 356. The Labute approximate surface area is 92.4 Å². The van der Waals surface area contributed by atoms with Gasteiger partial charge < -0.3 is 5.73 Å². The van der Waals surface area contributed by atoms with Gasteiger partial charge in [0.2, 0.25) is 0 Å². The van der Waals surface area contributed by atoms with Crippen molar-refractivity contribution in [2.75, 3.05) is 19.3 Å². The molecule has 0 bridgehead atoms. The molecule has 0 spiro atoms. The highest BCUT2D eigenvalue weighted by atomic mass is 15.1. The third kappa shape index (κ3) is 3.76. The summed E-state index contributed by atoms with van der Waals surface area (Å²) in [5, 5.41) is 0. The van der Waals surface area contributed by atoms with E-state index in [0.29, 0.717) is 0 Å². The molecule has 2 N–H and O–H groups in total. The standard InChI is InChI=1S/C13H20N2/c1-10(2)8-15(4)9-12-6-5-11(3)13(14)7-12/h5-7H,1,8-9,14H2,2-4H3. The van der Waals surface area contributed by atoms with E-state index >= 15 is 0 Å². The predicted molar refractivity (Wildman–Crippen MR) is 66.7 cm³/mol. The molecular weight excluding hydrogens is 184 g/mol. The van der Waals surface area contributed by atoms with Gasteiger partial charge in [-0.1, -0.05) is 24.3 Å². The van der Waals surface area contributed by atoms with Gasteiger partial charge in [-0.15, -0.1) is 0 Å². The van der Waals surface area contributed by atoms with Gasteiger partial charge in [0.25, 0.3) is 0 Å². The van der Waals surface area contributed by atoms with Crippen molar-refractivity contribution in [2.24, 2.45) is 0 Å². The Kier molecular flexibility index (Phi) is 3.92. The molecule has 0 aliphatic carbocycles. The zero-order valence-electron chi connectivity index (χ0n) is 9.88. The van der Waals surface area contributed by atoms with Crippen molar-refractivity contribution in [3.05, 3.63) is 41.5 Å². The van der Waals surface area contributed by atoms with Crippen LogP contribution in [0.2, 0.25) is 0 Å². The smallest absolute Gasteiger partial charge is 0.0346 e. The number of likely N-dealkylation sites (N-methyl/N-ethyl adjacent to an activating group) is 1. The quantitative estimate of drug-likeness (QED) is 0.603. The summed E-state index contributed by atoms with van der Waals surface area (Å²) in [4.78, 5) is 2.23. The van der Waals surface area contributed by atoms with Crippen molar-refractivity contribution in [1.82, 2.24) is 4.90 Å². The second kappa shape index (κ2) is 4.99. The molecule has 1 aromatic carbocycles. The number of nitrogens with zero attached hydrogens (tertiary/aromatic N) is 1. The molecule has 0 unspecified atom stereocenters. The number of nitrogens with two attached hydrogens (primary N) is 1. The molecule has 0 aliphatic rings. The maximum Gasteiger partial charge on any atom is 0.0346 e. The van der Waals surface area contributed by atoms with Gasteiger partial charge in [0.1, 0.15) is 0 Å². The molecule has 0 saturated heterocycles. The minimum atomic E-state index is 0.872. The van der Waals surface area contributed by atoms with Crippen molar-refractivity contribution < 1.29 is 0 Å². The first-order valence-corrected chi connectivity index (χ1v) is 5.17. The van der Waals surface area contributed by atoms with Gasteiger partial charge in [0, 0.05) is 18.8 Å². The van der Waals surface area contributed by atoms with Crippen LogP contribution in [0.5, 0.6) is 0 Å². The second-order valence-electron chi connectivity index (χ2n) is 4.32. The lowest BCUT2D eigenvalue weighted by Gasteiger charge is -2.17. The first-order valence-electron chi connectivity index (χ1n) is 5.17. The molecule has 2 heteroatoms. The van der Waals surface area contributed by atoms with Crippen LogP contribution >= 0.6 is 0 Å². The fourth-order valence-electron chi connectivity index (χ4n) is 1.62. The molecule has 15 heavy (non-hydrogen) atoms. The lowest BCUT2D eigenvalue weighted by atomic mass is 10.1. The van der Waals surface area contributed by atoms with E-state index in [4.69, 9.17) is 5.73 Å². The molecule has 0 radical (unpaired) electrons. The van der Waals surface area contributed by atoms with Crippen molar-refractivity contribution in [3.63, 3.8) is 0 Å². The molecule has 0 aromatic heterocycles. The van der Waals surface area contributed by atoms with Crippen molar-refractivity contribution in [2.45, 2.75) is 20.4 Å². The van der Waals surface area contributed by atoms with Crippen LogP contribution in [0.25, 0.3) is 0 Å². The Hall–Kier alpha value is -1.28. The summed E-state index contributed by atoms with van der Waals surface area (Å²) in [6.07, 6.45) is 0. The van der Waals surface area contributed by atoms with Crippen LogP contribution in [0.1, 0.15) is 18.1 Å². The van der Waals surface area contributed by atoms with Gasteiger partial charge in [0.15, 0.2) is 0 Å². The summed E-state index contributed by atoms with van der Waals surface area (Å²) in [7, 11) is 2.09. The molecule has 1 aromatic rings. The van der Waals surface area contributed by atoms with E-state index in [1.807, 2.05) is 19.9 Å². The third-order valence-corrected chi connectivity index (χ3v) is 2.34. The van der Waals surface area contributed by atoms with Gasteiger partial charge >= 0.3 is 0 Å². The summed E-state index contributed by atoms with van der Waals surface area (Å²) in [6.45, 7) is 9.81. The summed E-state index contributed by atoms with van der Waals surface area (Å²) in [5.41, 5.74) is 10.3. The van der Waals surface area contributed by atoms with Crippen LogP contribution in [-0.2, 0) is 6.54 Å². The number of rotatable bonds is 4. The Morgan fingerprint density at radius 1 is 1.47 bits per heavy atom. The number of benzene rings is 1. The van der Waals surface area contributed by atoms with E-state index in [1.165, 1.54) is 11.1 Å². The zero-order valence-corrected chi connectivity index (χ0v) is 9.88. The lowest BCUT2D eigenvalue weighted by molar-refractivity contribution is 0.355. The number of hydrogen-bond donors (Lipinski definition) is 1. The molecule has 0 saturated carbocycles. The Morgan fingerprint density at radius 3 is 2.67 bits per heavy atom. The topological polar surface area (TPSA) is 29.3 Å². The van der Waals surface area contributed by atoms with Crippen LogP contribution in [0, 0.1) is 6.92 Å². The van der Waals surface area contributed by atoms with Gasteiger partial charge in [-0.25, -0.2) is 0 Å². The number of aryl methyl sites for hydroxylation is 1. The third-order valence-electron chi connectivity index (χ3n) is 2.34. The maximum absolute atomic E-state index is 5.86. The average molecular weight is 204 g/mol. The van der Waals surface area contributed by atoms with E-state index < -0.39 is 0 Å². The molecule has 2 nitrogen and oxygen atoms in total. The monoisotopic (exact) mass is 204 g/mol.